The van der Waals surface area contributed by atoms with E-state index in [1.54, 1.807) is 12.1 Å². The molecule has 0 aromatic heterocycles. The molecule has 0 heterocycles. The van der Waals surface area contributed by atoms with Crippen LogP contribution in [0.15, 0.2) is 59.5 Å². The number of nitrogens with two attached hydrogens (primary N) is 1. The van der Waals surface area contributed by atoms with E-state index in [0.29, 0.717) is 12.2 Å². The fraction of sp³-hybridized carbons (Fsp3) is 0.429. The number of nitrogens with one attached hydrogen (secondary N) is 1. The van der Waals surface area contributed by atoms with Crippen molar-refractivity contribution in [1.82, 2.24) is 9.73 Å². The molecule has 0 radical (unpaired) electrons. The third-order valence-corrected chi connectivity index (χ3v) is 6.48. The first-order valence-corrected chi connectivity index (χ1v) is 11.0. The van der Waals surface area contributed by atoms with Crippen molar-refractivity contribution in [3.8, 4) is 5.75 Å². The molecule has 0 spiro atoms. The molecular formula is C21H31N3O4S. The van der Waals surface area contributed by atoms with Gasteiger partial charge in [0, 0.05) is 13.1 Å². The van der Waals surface area contributed by atoms with E-state index in [4.69, 9.17) is 10.6 Å². The summed E-state index contributed by atoms with van der Waals surface area (Å²) in [6, 6.07) is 15.4. The second-order valence-corrected chi connectivity index (χ2v) is 9.36. The zero-order valence-electron chi connectivity index (χ0n) is 17.2. The highest BCUT2D eigenvalue weighted by atomic mass is 32.2. The van der Waals surface area contributed by atoms with Crippen molar-refractivity contribution in [3.63, 3.8) is 0 Å². The number of methoxy groups -OCH3 is 1. The smallest absolute Gasteiger partial charge is 0.243 e. The predicted molar refractivity (Wildman–Crippen MR) is 114 cm³/mol. The molecule has 160 valence electrons. The minimum atomic E-state index is -3.78. The van der Waals surface area contributed by atoms with Crippen LogP contribution in [0.2, 0.25) is 0 Å². The van der Waals surface area contributed by atoms with Crippen molar-refractivity contribution in [2.24, 2.45) is 11.8 Å². The number of benzene rings is 2. The molecule has 0 aliphatic rings. The minimum absolute atomic E-state index is 0.0613. The van der Waals surface area contributed by atoms with Gasteiger partial charge in [-0.2, -0.15) is 4.31 Å². The molecule has 2 aromatic carbocycles. The molecule has 2 aromatic rings. The normalized spacial score (nSPS) is 14.2. The van der Waals surface area contributed by atoms with E-state index in [0.717, 1.165) is 5.56 Å². The molecule has 29 heavy (non-hydrogen) atoms. The van der Waals surface area contributed by atoms with Crippen LogP contribution in [0.5, 0.6) is 5.75 Å². The number of rotatable bonds is 11. The molecule has 0 unspecified atom stereocenters. The lowest BCUT2D eigenvalue weighted by Crippen LogP contribution is -2.51. The van der Waals surface area contributed by atoms with Gasteiger partial charge in [0.15, 0.2) is 0 Å². The van der Waals surface area contributed by atoms with E-state index in [-0.39, 0.29) is 23.9 Å². The van der Waals surface area contributed by atoms with Crippen LogP contribution in [-0.4, -0.2) is 50.2 Å². The van der Waals surface area contributed by atoms with Gasteiger partial charge in [-0.25, -0.2) is 8.42 Å². The third-order valence-electron chi connectivity index (χ3n) is 4.63. The Labute approximate surface area is 173 Å². The summed E-state index contributed by atoms with van der Waals surface area (Å²) in [4.78, 5) is 0.159. The molecule has 2 atom stereocenters. The molecule has 7 nitrogen and oxygen atoms in total. The van der Waals surface area contributed by atoms with Gasteiger partial charge >= 0.3 is 0 Å². The molecular weight excluding hydrogens is 390 g/mol. The molecule has 0 aliphatic heterocycles. The summed E-state index contributed by atoms with van der Waals surface area (Å²) in [5, 5.41) is 10.8. The molecule has 0 aliphatic carbocycles. The summed E-state index contributed by atoms with van der Waals surface area (Å²) in [6.45, 7) is 4.10. The van der Waals surface area contributed by atoms with E-state index >= 15 is 0 Å². The number of nitrogens with zero attached hydrogens (tertiary/aromatic N) is 1. The molecule has 0 bridgehead atoms. The first-order chi connectivity index (χ1) is 13.8. The average molecular weight is 422 g/mol. The van der Waals surface area contributed by atoms with Crippen LogP contribution < -0.4 is 16.0 Å². The Kier molecular flexibility index (Phi) is 8.60. The van der Waals surface area contributed by atoms with Crippen LogP contribution >= 0.6 is 0 Å². The molecule has 2 rings (SSSR count). The number of aliphatic hydroxyl groups excluding tert-OH is 1. The standard InChI is InChI=1S/C21H31N3O4S/c1-16(2)14-24(29(26,27)19-11-9-18(28-3)10-12-19)15-21(25)20(23-22)13-17-7-5-4-6-8-17/h4-12,16,20-21,23,25H,13-15,22H2,1-3H3/t20-,21+/m0/s1. The fourth-order valence-electron chi connectivity index (χ4n) is 3.08. The topological polar surface area (TPSA) is 105 Å². The minimum Gasteiger partial charge on any atom is -0.497 e. The van der Waals surface area contributed by atoms with Gasteiger partial charge in [0.1, 0.15) is 5.75 Å². The highest BCUT2D eigenvalue weighted by Gasteiger charge is 2.30. The zero-order valence-corrected chi connectivity index (χ0v) is 18.0. The van der Waals surface area contributed by atoms with Gasteiger partial charge in [-0.3, -0.25) is 11.3 Å². The maximum atomic E-state index is 13.2. The Morgan fingerprint density at radius 1 is 1.07 bits per heavy atom. The quantitative estimate of drug-likeness (QED) is 0.377. The Hall–Kier alpha value is -1.97. The van der Waals surface area contributed by atoms with E-state index < -0.39 is 22.2 Å². The third kappa shape index (κ3) is 6.52. The van der Waals surface area contributed by atoms with Gasteiger partial charge in [-0.05, 0) is 42.2 Å². The van der Waals surface area contributed by atoms with Crippen LogP contribution in [0.25, 0.3) is 0 Å². The average Bonchev–Trinajstić information content (AvgIpc) is 2.71. The molecule has 4 N–H and O–H groups in total. The number of hydrogen-bond acceptors (Lipinski definition) is 6. The monoisotopic (exact) mass is 421 g/mol. The number of hydrogen-bond donors (Lipinski definition) is 3. The largest absolute Gasteiger partial charge is 0.497 e. The Bertz CT molecular complexity index is 842. The van der Waals surface area contributed by atoms with Crippen LogP contribution in [0.1, 0.15) is 19.4 Å². The highest BCUT2D eigenvalue weighted by Crippen LogP contribution is 2.21. The number of ether oxygens (including phenoxy) is 1. The van der Waals surface area contributed by atoms with Gasteiger partial charge < -0.3 is 9.84 Å². The maximum Gasteiger partial charge on any atom is 0.243 e. The lowest BCUT2D eigenvalue weighted by Gasteiger charge is -2.30. The zero-order chi connectivity index (χ0) is 21.4. The summed E-state index contributed by atoms with van der Waals surface area (Å²) in [7, 11) is -2.26. The number of sulfonamides is 1. The van der Waals surface area contributed by atoms with E-state index in [1.165, 1.54) is 23.5 Å². The van der Waals surface area contributed by atoms with Crippen LogP contribution in [0.4, 0.5) is 0 Å². The van der Waals surface area contributed by atoms with Crippen molar-refractivity contribution in [2.45, 2.75) is 37.3 Å². The van der Waals surface area contributed by atoms with Crippen molar-refractivity contribution in [2.75, 3.05) is 20.2 Å². The molecule has 0 saturated carbocycles. The summed E-state index contributed by atoms with van der Waals surface area (Å²) < 4.78 is 32.8. The predicted octanol–water partition coefficient (Wildman–Crippen LogP) is 1.78. The van der Waals surface area contributed by atoms with Crippen molar-refractivity contribution in [1.29, 1.82) is 0 Å². The first kappa shape index (κ1) is 23.3. The van der Waals surface area contributed by atoms with Crippen molar-refractivity contribution < 1.29 is 18.3 Å². The van der Waals surface area contributed by atoms with Gasteiger partial charge in [0.25, 0.3) is 0 Å². The summed E-state index contributed by atoms with van der Waals surface area (Å²) in [6.07, 6.45) is -0.497. The number of hydrazine groups is 1. The first-order valence-electron chi connectivity index (χ1n) is 9.60. The van der Waals surface area contributed by atoms with Crippen molar-refractivity contribution >= 4 is 10.0 Å². The van der Waals surface area contributed by atoms with Crippen LogP contribution in [0.3, 0.4) is 0 Å². The molecule has 0 amide bonds. The fourth-order valence-corrected chi connectivity index (χ4v) is 4.71. The highest BCUT2D eigenvalue weighted by molar-refractivity contribution is 7.89. The van der Waals surface area contributed by atoms with Gasteiger partial charge in [-0.1, -0.05) is 44.2 Å². The van der Waals surface area contributed by atoms with Gasteiger partial charge in [0.05, 0.1) is 24.2 Å². The molecule has 8 heteroatoms. The van der Waals surface area contributed by atoms with E-state index in [9.17, 15) is 13.5 Å². The lowest BCUT2D eigenvalue weighted by molar-refractivity contribution is 0.102. The molecule has 0 fully saturated rings. The molecule has 0 saturated heterocycles. The van der Waals surface area contributed by atoms with Crippen molar-refractivity contribution in [3.05, 3.63) is 60.2 Å². The maximum absolute atomic E-state index is 13.2. The Balaban J connectivity index is 2.21. The summed E-state index contributed by atoms with van der Waals surface area (Å²) in [5.41, 5.74) is 3.63. The Morgan fingerprint density at radius 2 is 1.69 bits per heavy atom. The summed E-state index contributed by atoms with van der Waals surface area (Å²) >= 11 is 0. The SMILES string of the molecule is COc1ccc(S(=O)(=O)N(CC(C)C)C[C@@H](O)[C@H](Cc2ccccc2)NN)cc1. The van der Waals surface area contributed by atoms with Crippen LogP contribution in [-0.2, 0) is 16.4 Å². The van der Waals surface area contributed by atoms with Crippen LogP contribution in [0, 0.1) is 5.92 Å². The van der Waals surface area contributed by atoms with Gasteiger partial charge in [0.2, 0.25) is 10.0 Å². The van der Waals surface area contributed by atoms with Gasteiger partial charge in [-0.15, -0.1) is 0 Å². The van der Waals surface area contributed by atoms with E-state index in [1.807, 2.05) is 44.2 Å². The second kappa shape index (κ2) is 10.7. The Morgan fingerprint density at radius 3 is 2.21 bits per heavy atom. The second-order valence-electron chi connectivity index (χ2n) is 7.42. The number of aliphatic hydroxyl groups is 1. The van der Waals surface area contributed by atoms with E-state index in [2.05, 4.69) is 5.43 Å². The lowest BCUT2D eigenvalue weighted by atomic mass is 10.0. The summed E-state index contributed by atoms with van der Waals surface area (Å²) in [5.74, 6) is 6.33.